The lowest BCUT2D eigenvalue weighted by molar-refractivity contribution is 0.0502. The van der Waals surface area contributed by atoms with E-state index in [-0.39, 0.29) is 12.0 Å². The number of nitrogens with zero attached hydrogens (tertiary/aromatic N) is 2. The van der Waals surface area contributed by atoms with Gasteiger partial charge in [0, 0.05) is 37.8 Å². The van der Waals surface area contributed by atoms with Crippen molar-refractivity contribution in [3.63, 3.8) is 0 Å². The SMILES string of the molecule is Cc1cc(C)c(C(=O)N(Cc2ccncc2)CC2CCCO2)[nH]1. The molecule has 3 rings (SSSR count). The van der Waals surface area contributed by atoms with Crippen molar-refractivity contribution in [2.75, 3.05) is 13.2 Å². The van der Waals surface area contributed by atoms with E-state index in [2.05, 4.69) is 9.97 Å². The molecule has 23 heavy (non-hydrogen) atoms. The van der Waals surface area contributed by atoms with Crippen molar-refractivity contribution >= 4 is 5.91 Å². The number of ether oxygens (including phenoxy) is 1. The number of carbonyl (C=O) groups is 1. The van der Waals surface area contributed by atoms with Gasteiger partial charge < -0.3 is 14.6 Å². The first-order chi connectivity index (χ1) is 11.1. The molecule has 122 valence electrons. The number of aryl methyl sites for hydroxylation is 2. The minimum absolute atomic E-state index is 0.0305. The van der Waals surface area contributed by atoms with Crippen LogP contribution in [0.1, 0.15) is 40.2 Å². The Morgan fingerprint density at radius 1 is 1.39 bits per heavy atom. The first-order valence-electron chi connectivity index (χ1n) is 8.09. The molecule has 1 N–H and O–H groups in total. The third-order valence-corrected chi connectivity index (χ3v) is 4.22. The summed E-state index contributed by atoms with van der Waals surface area (Å²) in [7, 11) is 0. The fraction of sp³-hybridized carbons (Fsp3) is 0.444. The van der Waals surface area contributed by atoms with Gasteiger partial charge in [0.25, 0.3) is 5.91 Å². The van der Waals surface area contributed by atoms with E-state index < -0.39 is 0 Å². The zero-order valence-corrected chi connectivity index (χ0v) is 13.7. The number of carbonyl (C=O) groups excluding carboxylic acids is 1. The summed E-state index contributed by atoms with van der Waals surface area (Å²) >= 11 is 0. The van der Waals surface area contributed by atoms with Crippen molar-refractivity contribution in [3.05, 3.63) is 53.1 Å². The Hall–Kier alpha value is -2.14. The fourth-order valence-electron chi connectivity index (χ4n) is 3.07. The quantitative estimate of drug-likeness (QED) is 0.923. The summed E-state index contributed by atoms with van der Waals surface area (Å²) in [6.07, 6.45) is 5.74. The molecule has 1 saturated heterocycles. The summed E-state index contributed by atoms with van der Waals surface area (Å²) in [5.74, 6) is 0.0305. The Labute approximate surface area is 136 Å². The van der Waals surface area contributed by atoms with Gasteiger partial charge in [-0.1, -0.05) is 0 Å². The molecule has 2 aromatic rings. The van der Waals surface area contributed by atoms with Gasteiger partial charge in [-0.2, -0.15) is 0 Å². The van der Waals surface area contributed by atoms with Crippen LogP contribution in [0.2, 0.25) is 0 Å². The van der Waals surface area contributed by atoms with Crippen LogP contribution in [0, 0.1) is 13.8 Å². The van der Waals surface area contributed by atoms with Gasteiger partial charge in [0.1, 0.15) is 5.69 Å². The molecule has 3 heterocycles. The normalized spacial score (nSPS) is 17.4. The summed E-state index contributed by atoms with van der Waals surface area (Å²) < 4.78 is 5.73. The maximum absolute atomic E-state index is 13.0. The first kappa shape index (κ1) is 15.7. The molecule has 0 radical (unpaired) electrons. The minimum atomic E-state index is 0.0305. The number of pyridine rings is 1. The molecule has 2 aromatic heterocycles. The smallest absolute Gasteiger partial charge is 0.270 e. The number of hydrogen-bond donors (Lipinski definition) is 1. The van der Waals surface area contributed by atoms with E-state index in [1.54, 1.807) is 12.4 Å². The molecule has 0 saturated carbocycles. The van der Waals surface area contributed by atoms with Crippen molar-refractivity contribution in [3.8, 4) is 0 Å². The Morgan fingerprint density at radius 2 is 2.17 bits per heavy atom. The van der Waals surface area contributed by atoms with Crippen molar-refractivity contribution in [1.29, 1.82) is 0 Å². The lowest BCUT2D eigenvalue weighted by atomic mass is 10.1. The van der Waals surface area contributed by atoms with Crippen LogP contribution in [0.25, 0.3) is 0 Å². The van der Waals surface area contributed by atoms with Gasteiger partial charge in [-0.25, -0.2) is 0 Å². The molecule has 1 aliphatic rings. The zero-order chi connectivity index (χ0) is 16.2. The van der Waals surface area contributed by atoms with E-state index >= 15 is 0 Å². The van der Waals surface area contributed by atoms with Crippen LogP contribution in [0.3, 0.4) is 0 Å². The van der Waals surface area contributed by atoms with Gasteiger partial charge in [0.2, 0.25) is 0 Å². The van der Waals surface area contributed by atoms with Crippen LogP contribution in [-0.2, 0) is 11.3 Å². The van der Waals surface area contributed by atoms with E-state index in [0.717, 1.165) is 36.3 Å². The second kappa shape index (κ2) is 6.96. The van der Waals surface area contributed by atoms with Crippen molar-refractivity contribution < 1.29 is 9.53 Å². The van der Waals surface area contributed by atoms with E-state index in [9.17, 15) is 4.79 Å². The summed E-state index contributed by atoms with van der Waals surface area (Å²) in [6, 6.07) is 5.90. The largest absolute Gasteiger partial charge is 0.376 e. The monoisotopic (exact) mass is 313 g/mol. The third-order valence-electron chi connectivity index (χ3n) is 4.22. The lowest BCUT2D eigenvalue weighted by Gasteiger charge is -2.25. The summed E-state index contributed by atoms with van der Waals surface area (Å²) in [6.45, 7) is 5.92. The molecule has 1 amide bonds. The Morgan fingerprint density at radius 3 is 2.78 bits per heavy atom. The van der Waals surface area contributed by atoms with Crippen molar-refractivity contribution in [1.82, 2.24) is 14.9 Å². The van der Waals surface area contributed by atoms with Crippen LogP contribution in [0.15, 0.2) is 30.6 Å². The molecular weight excluding hydrogens is 290 g/mol. The molecule has 1 aliphatic heterocycles. The van der Waals surface area contributed by atoms with Gasteiger partial charge in [0.15, 0.2) is 0 Å². The number of H-pyrrole nitrogens is 1. The Balaban J connectivity index is 1.81. The highest BCUT2D eigenvalue weighted by molar-refractivity contribution is 5.94. The lowest BCUT2D eigenvalue weighted by Crippen LogP contribution is -2.37. The van der Waals surface area contributed by atoms with Gasteiger partial charge in [-0.3, -0.25) is 9.78 Å². The molecule has 0 aliphatic carbocycles. The van der Waals surface area contributed by atoms with E-state index in [1.807, 2.05) is 36.9 Å². The number of hydrogen-bond acceptors (Lipinski definition) is 3. The molecule has 1 unspecified atom stereocenters. The zero-order valence-electron chi connectivity index (χ0n) is 13.7. The Bertz CT molecular complexity index is 660. The van der Waals surface area contributed by atoms with Crippen LogP contribution in [-0.4, -0.2) is 40.0 Å². The standard InChI is InChI=1S/C18H23N3O2/c1-13-10-14(2)20-17(13)18(22)21(12-16-4-3-9-23-16)11-15-5-7-19-8-6-15/h5-8,10,16,20H,3-4,9,11-12H2,1-2H3. The maximum atomic E-state index is 13.0. The number of aromatic amines is 1. The molecule has 0 spiro atoms. The van der Waals surface area contributed by atoms with Crippen molar-refractivity contribution in [2.24, 2.45) is 0 Å². The van der Waals surface area contributed by atoms with E-state index in [4.69, 9.17) is 4.74 Å². The van der Waals surface area contributed by atoms with E-state index in [0.29, 0.717) is 18.8 Å². The van der Waals surface area contributed by atoms with Crippen molar-refractivity contribution in [2.45, 2.75) is 39.3 Å². The maximum Gasteiger partial charge on any atom is 0.270 e. The van der Waals surface area contributed by atoms with E-state index in [1.165, 1.54) is 0 Å². The van der Waals surface area contributed by atoms with Crippen LogP contribution >= 0.6 is 0 Å². The third kappa shape index (κ3) is 3.79. The second-order valence-electron chi connectivity index (χ2n) is 6.19. The summed E-state index contributed by atoms with van der Waals surface area (Å²) in [5.41, 5.74) is 3.74. The summed E-state index contributed by atoms with van der Waals surface area (Å²) in [5, 5.41) is 0. The van der Waals surface area contributed by atoms with Crippen LogP contribution in [0.4, 0.5) is 0 Å². The number of amides is 1. The number of rotatable bonds is 5. The van der Waals surface area contributed by atoms with Gasteiger partial charge in [0.05, 0.1) is 6.10 Å². The van der Waals surface area contributed by atoms with Gasteiger partial charge >= 0.3 is 0 Å². The fourth-order valence-corrected chi connectivity index (χ4v) is 3.07. The average molecular weight is 313 g/mol. The van der Waals surface area contributed by atoms with Gasteiger partial charge in [-0.05, 0) is 56.0 Å². The Kier molecular flexibility index (Phi) is 4.76. The topological polar surface area (TPSA) is 58.2 Å². The molecule has 5 heteroatoms. The summed E-state index contributed by atoms with van der Waals surface area (Å²) in [4.78, 5) is 22.1. The second-order valence-corrected chi connectivity index (χ2v) is 6.19. The molecule has 0 bridgehead atoms. The highest BCUT2D eigenvalue weighted by Gasteiger charge is 2.25. The molecule has 5 nitrogen and oxygen atoms in total. The van der Waals surface area contributed by atoms with Crippen LogP contribution in [0.5, 0.6) is 0 Å². The highest BCUT2D eigenvalue weighted by atomic mass is 16.5. The molecule has 1 fully saturated rings. The van der Waals surface area contributed by atoms with Gasteiger partial charge in [-0.15, -0.1) is 0 Å². The predicted molar refractivity (Wildman–Crippen MR) is 88.2 cm³/mol. The minimum Gasteiger partial charge on any atom is -0.376 e. The number of nitrogens with one attached hydrogen (secondary N) is 1. The molecule has 0 aromatic carbocycles. The first-order valence-corrected chi connectivity index (χ1v) is 8.09. The van der Waals surface area contributed by atoms with Crippen LogP contribution < -0.4 is 0 Å². The molecular formula is C18H23N3O2. The average Bonchev–Trinajstić information content (AvgIpc) is 3.16. The predicted octanol–water partition coefficient (Wildman–Crippen LogP) is 2.85. The number of aromatic nitrogens is 2. The highest BCUT2D eigenvalue weighted by Crippen LogP contribution is 2.18. The molecule has 1 atom stereocenters.